The fourth-order valence-electron chi connectivity index (χ4n) is 1.09. The summed E-state index contributed by atoms with van der Waals surface area (Å²) in [5.74, 6) is 0. The molecule has 0 unspecified atom stereocenters. The van der Waals surface area contributed by atoms with Gasteiger partial charge in [0.1, 0.15) is 0 Å². The molecule has 1 rings (SSSR count). The first-order valence-corrected chi connectivity index (χ1v) is 4.54. The van der Waals surface area contributed by atoms with E-state index >= 15 is 0 Å². The van der Waals surface area contributed by atoms with Crippen LogP contribution in [0, 0.1) is 0 Å². The van der Waals surface area contributed by atoms with E-state index in [0.717, 1.165) is 12.6 Å². The van der Waals surface area contributed by atoms with E-state index in [4.69, 9.17) is 0 Å². The van der Waals surface area contributed by atoms with Crippen molar-refractivity contribution in [2.75, 3.05) is 6.54 Å². The normalized spacial score (nSPS) is 18.6. The molecule has 0 aromatic rings. The van der Waals surface area contributed by atoms with Crippen LogP contribution in [-0.4, -0.2) is 12.6 Å². The molecule has 0 spiro atoms. The summed E-state index contributed by atoms with van der Waals surface area (Å²) in [6, 6.07) is 0.781. The van der Waals surface area contributed by atoms with Gasteiger partial charge in [0.2, 0.25) is 0 Å². The molecule has 0 amide bonds. The molecule has 1 nitrogen and oxygen atoms in total. The standard InChI is InChI=1S/C11H17N/c1-3-5-10(6-4-2)9-12-11-7-8-11/h3-6,11-12H,1,7-9H2,2H3/b6-4-,10-5+. The van der Waals surface area contributed by atoms with Crippen molar-refractivity contribution in [3.05, 3.63) is 36.5 Å². The van der Waals surface area contributed by atoms with Gasteiger partial charge >= 0.3 is 0 Å². The molecule has 0 bridgehead atoms. The summed E-state index contributed by atoms with van der Waals surface area (Å²) in [5.41, 5.74) is 1.31. The van der Waals surface area contributed by atoms with Crippen molar-refractivity contribution < 1.29 is 0 Å². The molecule has 0 heterocycles. The van der Waals surface area contributed by atoms with Crippen molar-refractivity contribution in [2.45, 2.75) is 25.8 Å². The number of hydrogen-bond donors (Lipinski definition) is 1. The van der Waals surface area contributed by atoms with E-state index in [0.29, 0.717) is 0 Å². The summed E-state index contributed by atoms with van der Waals surface area (Å²) >= 11 is 0. The van der Waals surface area contributed by atoms with Gasteiger partial charge < -0.3 is 5.32 Å². The van der Waals surface area contributed by atoms with Gasteiger partial charge in [-0.1, -0.05) is 30.9 Å². The Morgan fingerprint density at radius 1 is 1.58 bits per heavy atom. The van der Waals surface area contributed by atoms with Crippen LogP contribution in [-0.2, 0) is 0 Å². The van der Waals surface area contributed by atoms with Crippen LogP contribution in [0.5, 0.6) is 0 Å². The van der Waals surface area contributed by atoms with Crippen LogP contribution in [0.15, 0.2) is 36.5 Å². The Morgan fingerprint density at radius 3 is 2.83 bits per heavy atom. The highest BCUT2D eigenvalue weighted by molar-refractivity contribution is 5.24. The molecule has 0 radical (unpaired) electrons. The van der Waals surface area contributed by atoms with Crippen molar-refractivity contribution >= 4 is 0 Å². The molecule has 0 aromatic heterocycles. The summed E-state index contributed by atoms with van der Waals surface area (Å²) in [5, 5.41) is 3.46. The van der Waals surface area contributed by atoms with Crippen molar-refractivity contribution in [1.29, 1.82) is 0 Å². The van der Waals surface area contributed by atoms with E-state index in [2.05, 4.69) is 30.1 Å². The first-order valence-electron chi connectivity index (χ1n) is 4.54. The fraction of sp³-hybridized carbons (Fsp3) is 0.455. The molecule has 1 fully saturated rings. The average molecular weight is 163 g/mol. The number of rotatable bonds is 5. The van der Waals surface area contributed by atoms with Gasteiger partial charge in [0, 0.05) is 12.6 Å². The van der Waals surface area contributed by atoms with E-state index < -0.39 is 0 Å². The van der Waals surface area contributed by atoms with Crippen LogP contribution >= 0.6 is 0 Å². The minimum Gasteiger partial charge on any atom is -0.310 e. The molecule has 1 heteroatoms. The zero-order valence-electron chi connectivity index (χ0n) is 7.72. The third-order valence-electron chi connectivity index (χ3n) is 1.88. The summed E-state index contributed by atoms with van der Waals surface area (Å²) in [6.07, 6.45) is 10.8. The summed E-state index contributed by atoms with van der Waals surface area (Å²) in [6.45, 7) is 6.70. The van der Waals surface area contributed by atoms with Crippen LogP contribution in [0.25, 0.3) is 0 Å². The fourth-order valence-corrected chi connectivity index (χ4v) is 1.09. The van der Waals surface area contributed by atoms with Gasteiger partial charge in [0.25, 0.3) is 0 Å². The highest BCUT2D eigenvalue weighted by atomic mass is 14.9. The van der Waals surface area contributed by atoms with E-state index in [1.165, 1.54) is 18.4 Å². The Bertz CT molecular complexity index is 197. The SMILES string of the molecule is C=C/C=C(\C=C/C)CNC1CC1. The molecule has 1 saturated carbocycles. The van der Waals surface area contributed by atoms with Crippen LogP contribution < -0.4 is 5.32 Å². The zero-order chi connectivity index (χ0) is 8.81. The largest absolute Gasteiger partial charge is 0.310 e. The Morgan fingerprint density at radius 2 is 2.33 bits per heavy atom. The second-order valence-electron chi connectivity index (χ2n) is 3.13. The highest BCUT2D eigenvalue weighted by Gasteiger charge is 2.19. The van der Waals surface area contributed by atoms with Gasteiger partial charge in [-0.25, -0.2) is 0 Å². The van der Waals surface area contributed by atoms with Gasteiger partial charge in [0.15, 0.2) is 0 Å². The lowest BCUT2D eigenvalue weighted by molar-refractivity contribution is 0.741. The molecule has 1 N–H and O–H groups in total. The first kappa shape index (κ1) is 9.27. The zero-order valence-corrected chi connectivity index (χ0v) is 7.72. The first-order chi connectivity index (χ1) is 5.86. The average Bonchev–Trinajstić information content (AvgIpc) is 2.84. The van der Waals surface area contributed by atoms with Gasteiger partial charge in [-0.15, -0.1) is 0 Å². The summed E-state index contributed by atoms with van der Waals surface area (Å²) < 4.78 is 0. The number of hydrogen-bond acceptors (Lipinski definition) is 1. The van der Waals surface area contributed by atoms with Crippen LogP contribution in [0.4, 0.5) is 0 Å². The predicted octanol–water partition coefficient (Wildman–Crippen LogP) is 2.43. The monoisotopic (exact) mass is 163 g/mol. The molecule has 1 aliphatic carbocycles. The molecule has 0 aliphatic heterocycles. The topological polar surface area (TPSA) is 12.0 Å². The molecular weight excluding hydrogens is 146 g/mol. The maximum Gasteiger partial charge on any atom is 0.0207 e. The maximum atomic E-state index is 3.69. The Kier molecular flexibility index (Phi) is 3.81. The van der Waals surface area contributed by atoms with Crippen molar-refractivity contribution in [2.24, 2.45) is 0 Å². The van der Waals surface area contributed by atoms with Crippen molar-refractivity contribution in [1.82, 2.24) is 5.32 Å². The minimum atomic E-state index is 0.781. The minimum absolute atomic E-state index is 0.781. The van der Waals surface area contributed by atoms with Gasteiger partial charge in [-0.2, -0.15) is 0 Å². The summed E-state index contributed by atoms with van der Waals surface area (Å²) in [7, 11) is 0. The second-order valence-corrected chi connectivity index (χ2v) is 3.13. The van der Waals surface area contributed by atoms with Crippen molar-refractivity contribution in [3.63, 3.8) is 0 Å². The maximum absolute atomic E-state index is 3.69. The quantitative estimate of drug-likeness (QED) is 0.614. The Balaban J connectivity index is 2.30. The molecule has 1 aliphatic rings. The molecule has 0 aromatic carbocycles. The van der Waals surface area contributed by atoms with Crippen LogP contribution in [0.2, 0.25) is 0 Å². The highest BCUT2D eigenvalue weighted by Crippen LogP contribution is 2.18. The molecular formula is C11H17N. The van der Waals surface area contributed by atoms with E-state index in [9.17, 15) is 0 Å². The third-order valence-corrected chi connectivity index (χ3v) is 1.88. The summed E-state index contributed by atoms with van der Waals surface area (Å²) in [4.78, 5) is 0. The Labute approximate surface area is 74.9 Å². The Hall–Kier alpha value is -0.820. The van der Waals surface area contributed by atoms with Crippen LogP contribution in [0.3, 0.4) is 0 Å². The van der Waals surface area contributed by atoms with E-state index in [1.807, 2.05) is 13.0 Å². The smallest absolute Gasteiger partial charge is 0.0207 e. The lowest BCUT2D eigenvalue weighted by Gasteiger charge is -2.02. The third kappa shape index (κ3) is 3.54. The number of allylic oxidation sites excluding steroid dienone is 3. The van der Waals surface area contributed by atoms with E-state index in [1.54, 1.807) is 0 Å². The lowest BCUT2D eigenvalue weighted by atomic mass is 10.2. The van der Waals surface area contributed by atoms with Crippen LogP contribution in [0.1, 0.15) is 19.8 Å². The molecule has 12 heavy (non-hydrogen) atoms. The van der Waals surface area contributed by atoms with Gasteiger partial charge in [0.05, 0.1) is 0 Å². The van der Waals surface area contributed by atoms with Gasteiger partial charge in [-0.3, -0.25) is 0 Å². The van der Waals surface area contributed by atoms with E-state index in [-0.39, 0.29) is 0 Å². The second kappa shape index (κ2) is 4.94. The lowest BCUT2D eigenvalue weighted by Crippen LogP contribution is -2.18. The molecule has 66 valence electrons. The number of nitrogens with one attached hydrogen (secondary N) is 1. The predicted molar refractivity (Wildman–Crippen MR) is 54.1 cm³/mol. The molecule has 0 atom stereocenters. The molecule has 0 saturated heterocycles. The van der Waals surface area contributed by atoms with Crippen molar-refractivity contribution in [3.8, 4) is 0 Å². The van der Waals surface area contributed by atoms with Gasteiger partial charge in [-0.05, 0) is 25.3 Å².